The van der Waals surface area contributed by atoms with E-state index in [0.717, 1.165) is 0 Å². The Bertz CT molecular complexity index is 837. The van der Waals surface area contributed by atoms with Crippen LogP contribution in [-0.2, 0) is 10.0 Å². The average Bonchev–Trinajstić information content (AvgIpc) is 2.68. The first-order valence-corrected chi connectivity index (χ1v) is 9.64. The number of benzene rings is 1. The van der Waals surface area contributed by atoms with Crippen LogP contribution in [0.25, 0.3) is 0 Å². The van der Waals surface area contributed by atoms with E-state index >= 15 is 0 Å². The Morgan fingerprint density at radius 1 is 1.08 bits per heavy atom. The highest BCUT2D eigenvalue weighted by Crippen LogP contribution is 2.32. The Hall–Kier alpha value is -2.39. The molecule has 9 heteroatoms. The van der Waals surface area contributed by atoms with E-state index in [1.54, 1.807) is 30.6 Å². The van der Waals surface area contributed by atoms with Crippen molar-refractivity contribution in [2.24, 2.45) is 0 Å². The second-order valence-corrected chi connectivity index (χ2v) is 7.68. The lowest BCUT2D eigenvalue weighted by atomic mass is 10.1. The topological polar surface area (TPSA) is 90.9 Å². The molecule has 1 fully saturated rings. The maximum absolute atomic E-state index is 13.0. The lowest BCUT2D eigenvalue weighted by molar-refractivity contribution is 0.124. The zero-order valence-corrected chi connectivity index (χ0v) is 15.5. The van der Waals surface area contributed by atoms with Gasteiger partial charge in [0.05, 0.1) is 14.2 Å². The molecule has 0 aliphatic carbocycles. The van der Waals surface area contributed by atoms with Gasteiger partial charge in [-0.1, -0.05) is 0 Å². The Morgan fingerprint density at radius 2 is 1.77 bits per heavy atom. The number of sulfonamides is 1. The van der Waals surface area contributed by atoms with Gasteiger partial charge >= 0.3 is 6.01 Å². The monoisotopic (exact) mass is 379 g/mol. The molecule has 1 aromatic carbocycles. The van der Waals surface area contributed by atoms with Crippen LogP contribution in [0, 0.1) is 0 Å². The molecule has 140 valence electrons. The third kappa shape index (κ3) is 3.88. The van der Waals surface area contributed by atoms with Crippen LogP contribution in [0.15, 0.2) is 41.6 Å². The van der Waals surface area contributed by atoms with Gasteiger partial charge in [0.15, 0.2) is 0 Å². The van der Waals surface area contributed by atoms with Crippen molar-refractivity contribution in [3.05, 3.63) is 36.7 Å². The standard InChI is InChI=1S/C17H21N3O5S/c1-23-14-4-5-15(24-2)16(12-14)26(21,22)20-10-6-13(7-11-20)25-17-18-8-3-9-19-17/h3-5,8-9,12-13H,6-7,10-11H2,1-2H3. The van der Waals surface area contributed by atoms with Crippen LogP contribution in [0.2, 0.25) is 0 Å². The Balaban J connectivity index is 1.72. The highest BCUT2D eigenvalue weighted by Gasteiger charge is 2.32. The first kappa shape index (κ1) is 18.4. The van der Waals surface area contributed by atoms with Gasteiger partial charge in [-0.2, -0.15) is 4.31 Å². The highest BCUT2D eigenvalue weighted by molar-refractivity contribution is 7.89. The number of hydrogen-bond acceptors (Lipinski definition) is 7. The molecule has 8 nitrogen and oxygen atoms in total. The molecule has 26 heavy (non-hydrogen) atoms. The first-order valence-electron chi connectivity index (χ1n) is 8.20. The molecule has 0 N–H and O–H groups in total. The molecule has 1 aliphatic rings. The van der Waals surface area contributed by atoms with Crippen molar-refractivity contribution in [1.29, 1.82) is 0 Å². The van der Waals surface area contributed by atoms with Crippen molar-refractivity contribution in [2.45, 2.75) is 23.8 Å². The maximum Gasteiger partial charge on any atom is 0.316 e. The highest BCUT2D eigenvalue weighted by atomic mass is 32.2. The third-order valence-electron chi connectivity index (χ3n) is 4.20. The number of hydrogen-bond donors (Lipinski definition) is 0. The van der Waals surface area contributed by atoms with Crippen LogP contribution in [0.4, 0.5) is 0 Å². The van der Waals surface area contributed by atoms with Crippen LogP contribution in [0.1, 0.15) is 12.8 Å². The SMILES string of the molecule is COc1ccc(OC)c(S(=O)(=O)N2CCC(Oc3ncccn3)CC2)c1. The maximum atomic E-state index is 13.0. The van der Waals surface area contributed by atoms with Crippen molar-refractivity contribution in [1.82, 2.24) is 14.3 Å². The van der Waals surface area contributed by atoms with Gasteiger partial charge in [0.25, 0.3) is 0 Å². The van der Waals surface area contributed by atoms with Gasteiger partial charge in [-0.25, -0.2) is 18.4 Å². The van der Waals surface area contributed by atoms with E-state index in [9.17, 15) is 8.42 Å². The molecule has 2 heterocycles. The summed E-state index contributed by atoms with van der Waals surface area (Å²) in [6, 6.07) is 6.76. The molecular weight excluding hydrogens is 358 g/mol. The second-order valence-electron chi connectivity index (χ2n) is 5.77. The smallest absolute Gasteiger partial charge is 0.316 e. The Morgan fingerprint density at radius 3 is 2.38 bits per heavy atom. The molecule has 0 spiro atoms. The number of ether oxygens (including phenoxy) is 3. The summed E-state index contributed by atoms with van der Waals surface area (Å²) in [7, 11) is -0.754. The lowest BCUT2D eigenvalue weighted by Crippen LogP contribution is -2.42. The van der Waals surface area contributed by atoms with Gasteiger partial charge in [0.1, 0.15) is 22.5 Å². The molecule has 1 aromatic heterocycles. The summed E-state index contributed by atoms with van der Waals surface area (Å²) >= 11 is 0. The summed E-state index contributed by atoms with van der Waals surface area (Å²) in [6.07, 6.45) is 4.22. The predicted octanol–water partition coefficient (Wildman–Crippen LogP) is 1.73. The molecule has 0 radical (unpaired) electrons. The number of rotatable bonds is 6. The summed E-state index contributed by atoms with van der Waals surface area (Å²) in [6.45, 7) is 0.695. The van der Waals surface area contributed by atoms with Crippen molar-refractivity contribution < 1.29 is 22.6 Å². The largest absolute Gasteiger partial charge is 0.497 e. The van der Waals surface area contributed by atoms with E-state index in [2.05, 4.69) is 9.97 Å². The van der Waals surface area contributed by atoms with Crippen molar-refractivity contribution in [3.8, 4) is 17.5 Å². The zero-order chi connectivity index (χ0) is 18.6. The predicted molar refractivity (Wildman–Crippen MR) is 94.0 cm³/mol. The van der Waals surface area contributed by atoms with Crippen LogP contribution in [0.5, 0.6) is 17.5 Å². The normalized spacial score (nSPS) is 16.2. The van der Waals surface area contributed by atoms with Gasteiger partial charge in [-0.05, 0) is 31.0 Å². The van der Waals surface area contributed by atoms with E-state index in [1.165, 1.54) is 24.6 Å². The van der Waals surface area contributed by atoms with E-state index in [-0.39, 0.29) is 11.0 Å². The molecular formula is C17H21N3O5S. The summed E-state index contributed by atoms with van der Waals surface area (Å²) in [4.78, 5) is 8.17. The molecule has 0 saturated carbocycles. The molecule has 0 unspecified atom stereocenters. The molecule has 2 aromatic rings. The summed E-state index contributed by atoms with van der Waals surface area (Å²) < 4.78 is 43.6. The summed E-state index contributed by atoms with van der Waals surface area (Å²) in [5.74, 6) is 0.755. The number of nitrogens with zero attached hydrogens (tertiary/aromatic N) is 3. The Labute approximate surface area is 152 Å². The van der Waals surface area contributed by atoms with Gasteiger partial charge in [-0.3, -0.25) is 0 Å². The van der Waals surface area contributed by atoms with E-state index < -0.39 is 10.0 Å². The fourth-order valence-electron chi connectivity index (χ4n) is 2.81. The van der Waals surface area contributed by atoms with Gasteiger partial charge in [-0.15, -0.1) is 0 Å². The Kier molecular flexibility index (Phi) is 5.58. The number of piperidine rings is 1. The van der Waals surface area contributed by atoms with Crippen LogP contribution < -0.4 is 14.2 Å². The quantitative estimate of drug-likeness (QED) is 0.755. The minimum Gasteiger partial charge on any atom is -0.497 e. The van der Waals surface area contributed by atoms with Crippen LogP contribution >= 0.6 is 0 Å². The minimum absolute atomic E-state index is 0.102. The fraction of sp³-hybridized carbons (Fsp3) is 0.412. The first-order chi connectivity index (χ1) is 12.5. The van der Waals surface area contributed by atoms with E-state index in [4.69, 9.17) is 14.2 Å². The second kappa shape index (κ2) is 7.88. The lowest BCUT2D eigenvalue weighted by Gasteiger charge is -2.31. The van der Waals surface area contributed by atoms with Crippen molar-refractivity contribution in [3.63, 3.8) is 0 Å². The molecule has 3 rings (SSSR count). The van der Waals surface area contributed by atoms with Crippen molar-refractivity contribution >= 4 is 10.0 Å². The number of methoxy groups -OCH3 is 2. The molecule has 1 saturated heterocycles. The zero-order valence-electron chi connectivity index (χ0n) is 14.7. The van der Waals surface area contributed by atoms with Crippen LogP contribution in [-0.4, -0.2) is 56.1 Å². The van der Waals surface area contributed by atoms with Crippen molar-refractivity contribution in [2.75, 3.05) is 27.3 Å². The molecule has 1 aliphatic heterocycles. The number of aromatic nitrogens is 2. The van der Waals surface area contributed by atoms with E-state index in [1.807, 2.05) is 0 Å². The average molecular weight is 379 g/mol. The minimum atomic E-state index is -3.69. The summed E-state index contributed by atoms with van der Waals surface area (Å²) in [5, 5.41) is 0. The molecule has 0 atom stereocenters. The molecule has 0 amide bonds. The van der Waals surface area contributed by atoms with E-state index in [0.29, 0.717) is 43.4 Å². The molecule has 0 bridgehead atoms. The van der Waals surface area contributed by atoms with Gasteiger partial charge in [0.2, 0.25) is 10.0 Å². The fourth-order valence-corrected chi connectivity index (χ4v) is 4.45. The van der Waals surface area contributed by atoms with Crippen LogP contribution in [0.3, 0.4) is 0 Å². The third-order valence-corrected chi connectivity index (χ3v) is 6.12. The summed E-state index contributed by atoms with van der Waals surface area (Å²) in [5.41, 5.74) is 0. The van der Waals surface area contributed by atoms with Gasteiger partial charge < -0.3 is 14.2 Å². The van der Waals surface area contributed by atoms with Gasteiger partial charge in [0, 0.05) is 31.5 Å².